The Morgan fingerprint density at radius 3 is 2.59 bits per heavy atom. The van der Waals surface area contributed by atoms with Crippen LogP contribution >= 0.6 is 0 Å². The van der Waals surface area contributed by atoms with Crippen molar-refractivity contribution in [3.05, 3.63) is 35.4 Å². The van der Waals surface area contributed by atoms with Crippen LogP contribution in [-0.4, -0.2) is 36.6 Å². The lowest BCUT2D eigenvalue weighted by molar-refractivity contribution is 0.104. The quantitative estimate of drug-likeness (QED) is 0.859. The van der Waals surface area contributed by atoms with E-state index in [1.54, 1.807) is 0 Å². The van der Waals surface area contributed by atoms with E-state index in [0.29, 0.717) is 0 Å². The molecule has 2 nitrogen and oxygen atoms in total. The molecule has 0 unspecified atom stereocenters. The molecule has 0 bridgehead atoms. The Morgan fingerprint density at radius 2 is 1.94 bits per heavy atom. The second-order valence-corrected chi connectivity index (χ2v) is 5.72. The van der Waals surface area contributed by atoms with Gasteiger partial charge in [0, 0.05) is 31.7 Å². The van der Waals surface area contributed by atoms with Crippen molar-refractivity contribution in [2.45, 2.75) is 32.7 Å². The molecule has 0 aromatic heterocycles. The normalized spacial score (nSPS) is 18.3. The molecular weight excluding hydrogens is 208 g/mol. The highest BCUT2D eigenvalue weighted by Crippen LogP contribution is 2.21. The Kier molecular flexibility index (Phi) is 3.85. The summed E-state index contributed by atoms with van der Waals surface area (Å²) in [6.45, 7) is 11.5. The Balaban J connectivity index is 2.05. The van der Waals surface area contributed by atoms with Gasteiger partial charge in [-0.2, -0.15) is 0 Å². The summed E-state index contributed by atoms with van der Waals surface area (Å²) >= 11 is 0. The van der Waals surface area contributed by atoms with Gasteiger partial charge in [-0.05, 0) is 32.8 Å². The predicted molar refractivity (Wildman–Crippen MR) is 73.4 cm³/mol. The van der Waals surface area contributed by atoms with E-state index in [2.05, 4.69) is 55.3 Å². The molecule has 2 rings (SSSR count). The molecule has 1 fully saturated rings. The Labute approximate surface area is 105 Å². The molecular formula is C15H24N2. The SMILES string of the molecule is Cc1cccc(CC(C)(C)N2CCNCC2)c1. The number of nitrogens with zero attached hydrogens (tertiary/aromatic N) is 1. The number of nitrogens with one attached hydrogen (secondary N) is 1. The first-order chi connectivity index (χ1) is 8.08. The highest BCUT2D eigenvalue weighted by atomic mass is 15.2. The van der Waals surface area contributed by atoms with Gasteiger partial charge < -0.3 is 5.32 Å². The van der Waals surface area contributed by atoms with E-state index in [9.17, 15) is 0 Å². The molecule has 1 aliphatic rings. The van der Waals surface area contributed by atoms with Gasteiger partial charge in [-0.1, -0.05) is 29.8 Å². The molecule has 0 radical (unpaired) electrons. The van der Waals surface area contributed by atoms with Gasteiger partial charge >= 0.3 is 0 Å². The van der Waals surface area contributed by atoms with E-state index in [0.717, 1.165) is 19.5 Å². The van der Waals surface area contributed by atoms with Crippen molar-refractivity contribution in [1.29, 1.82) is 0 Å². The Morgan fingerprint density at radius 1 is 1.24 bits per heavy atom. The van der Waals surface area contributed by atoms with Gasteiger partial charge in [-0.25, -0.2) is 0 Å². The van der Waals surface area contributed by atoms with Gasteiger partial charge in [0.15, 0.2) is 0 Å². The third-order valence-electron chi connectivity index (χ3n) is 3.69. The van der Waals surface area contributed by atoms with E-state index in [-0.39, 0.29) is 5.54 Å². The van der Waals surface area contributed by atoms with Crippen molar-refractivity contribution in [2.24, 2.45) is 0 Å². The minimum Gasteiger partial charge on any atom is -0.314 e. The van der Waals surface area contributed by atoms with Crippen LogP contribution in [-0.2, 0) is 6.42 Å². The van der Waals surface area contributed by atoms with Crippen LogP contribution in [0.3, 0.4) is 0 Å². The maximum absolute atomic E-state index is 3.42. The largest absolute Gasteiger partial charge is 0.314 e. The molecule has 1 saturated heterocycles. The number of benzene rings is 1. The van der Waals surface area contributed by atoms with E-state index in [1.807, 2.05) is 0 Å². The molecule has 94 valence electrons. The number of hydrogen-bond acceptors (Lipinski definition) is 2. The van der Waals surface area contributed by atoms with Crippen molar-refractivity contribution < 1.29 is 0 Å². The van der Waals surface area contributed by atoms with Crippen molar-refractivity contribution in [2.75, 3.05) is 26.2 Å². The summed E-state index contributed by atoms with van der Waals surface area (Å²) in [4.78, 5) is 2.60. The number of aryl methyl sites for hydroxylation is 1. The lowest BCUT2D eigenvalue weighted by atomic mass is 9.91. The van der Waals surface area contributed by atoms with Crippen molar-refractivity contribution in [3.63, 3.8) is 0 Å². The van der Waals surface area contributed by atoms with Gasteiger partial charge in [0.2, 0.25) is 0 Å². The van der Waals surface area contributed by atoms with Crippen LogP contribution < -0.4 is 5.32 Å². The van der Waals surface area contributed by atoms with Gasteiger partial charge in [0.25, 0.3) is 0 Å². The lowest BCUT2D eigenvalue weighted by Crippen LogP contribution is -2.54. The molecule has 17 heavy (non-hydrogen) atoms. The second-order valence-electron chi connectivity index (χ2n) is 5.72. The first-order valence-electron chi connectivity index (χ1n) is 6.59. The maximum atomic E-state index is 3.42. The molecule has 0 atom stereocenters. The van der Waals surface area contributed by atoms with E-state index >= 15 is 0 Å². The monoisotopic (exact) mass is 232 g/mol. The van der Waals surface area contributed by atoms with Crippen molar-refractivity contribution >= 4 is 0 Å². The molecule has 0 aliphatic carbocycles. The molecule has 0 amide bonds. The zero-order valence-corrected chi connectivity index (χ0v) is 11.3. The van der Waals surface area contributed by atoms with Gasteiger partial charge in [-0.15, -0.1) is 0 Å². The Hall–Kier alpha value is -0.860. The summed E-state index contributed by atoms with van der Waals surface area (Å²) in [5, 5.41) is 3.42. The summed E-state index contributed by atoms with van der Waals surface area (Å²) in [6.07, 6.45) is 1.13. The number of piperazine rings is 1. The van der Waals surface area contributed by atoms with Crippen LogP contribution in [0.1, 0.15) is 25.0 Å². The Bertz CT molecular complexity index is 365. The molecule has 0 saturated carbocycles. The smallest absolute Gasteiger partial charge is 0.0194 e. The topological polar surface area (TPSA) is 15.3 Å². The van der Waals surface area contributed by atoms with Gasteiger partial charge in [0.05, 0.1) is 0 Å². The molecule has 1 aromatic carbocycles. The van der Waals surface area contributed by atoms with Crippen LogP contribution in [0.15, 0.2) is 24.3 Å². The molecule has 1 aromatic rings. The standard InChI is InChI=1S/C15H24N2/c1-13-5-4-6-14(11-13)12-15(2,3)17-9-7-16-8-10-17/h4-6,11,16H,7-10,12H2,1-3H3. The average Bonchev–Trinajstić information content (AvgIpc) is 2.29. The number of rotatable bonds is 3. The summed E-state index contributed by atoms with van der Waals surface area (Å²) in [6, 6.07) is 8.89. The minimum atomic E-state index is 0.260. The summed E-state index contributed by atoms with van der Waals surface area (Å²) in [5.74, 6) is 0. The van der Waals surface area contributed by atoms with Gasteiger partial charge in [-0.3, -0.25) is 4.90 Å². The summed E-state index contributed by atoms with van der Waals surface area (Å²) < 4.78 is 0. The molecule has 1 aliphatic heterocycles. The average molecular weight is 232 g/mol. The maximum Gasteiger partial charge on any atom is 0.0194 e. The van der Waals surface area contributed by atoms with Crippen molar-refractivity contribution in [3.8, 4) is 0 Å². The third-order valence-corrected chi connectivity index (χ3v) is 3.69. The highest BCUT2D eigenvalue weighted by molar-refractivity contribution is 5.23. The molecule has 1 heterocycles. The molecule has 1 N–H and O–H groups in total. The second kappa shape index (κ2) is 5.19. The molecule has 0 spiro atoms. The van der Waals surface area contributed by atoms with Gasteiger partial charge in [0.1, 0.15) is 0 Å². The van der Waals surface area contributed by atoms with E-state index in [4.69, 9.17) is 0 Å². The van der Waals surface area contributed by atoms with E-state index in [1.165, 1.54) is 24.2 Å². The highest BCUT2D eigenvalue weighted by Gasteiger charge is 2.27. The summed E-state index contributed by atoms with van der Waals surface area (Å²) in [5.41, 5.74) is 3.07. The lowest BCUT2D eigenvalue weighted by Gasteiger charge is -2.41. The van der Waals surface area contributed by atoms with Crippen LogP contribution in [0.5, 0.6) is 0 Å². The first-order valence-corrected chi connectivity index (χ1v) is 6.59. The minimum absolute atomic E-state index is 0.260. The van der Waals surface area contributed by atoms with E-state index < -0.39 is 0 Å². The van der Waals surface area contributed by atoms with Crippen LogP contribution in [0.2, 0.25) is 0 Å². The fourth-order valence-electron chi connectivity index (χ4n) is 2.70. The zero-order chi connectivity index (χ0) is 12.3. The third kappa shape index (κ3) is 3.30. The van der Waals surface area contributed by atoms with Crippen LogP contribution in [0, 0.1) is 6.92 Å². The first kappa shape index (κ1) is 12.6. The number of hydrogen-bond donors (Lipinski definition) is 1. The van der Waals surface area contributed by atoms with Crippen LogP contribution in [0.25, 0.3) is 0 Å². The van der Waals surface area contributed by atoms with Crippen LogP contribution in [0.4, 0.5) is 0 Å². The fourth-order valence-corrected chi connectivity index (χ4v) is 2.70. The van der Waals surface area contributed by atoms with Crippen molar-refractivity contribution in [1.82, 2.24) is 10.2 Å². The predicted octanol–water partition coefficient (Wildman–Crippen LogP) is 2.22. The molecule has 2 heteroatoms. The fraction of sp³-hybridized carbons (Fsp3) is 0.600. The zero-order valence-electron chi connectivity index (χ0n) is 11.3. The summed E-state index contributed by atoms with van der Waals surface area (Å²) in [7, 11) is 0.